The van der Waals surface area contributed by atoms with Crippen molar-refractivity contribution < 1.29 is 18.0 Å². The Labute approximate surface area is 137 Å². The molecule has 0 spiro atoms. The van der Waals surface area contributed by atoms with Gasteiger partial charge in [0.2, 0.25) is 5.95 Å². The van der Waals surface area contributed by atoms with Crippen LogP contribution in [0.2, 0.25) is 0 Å². The molecule has 2 rings (SSSR count). The Morgan fingerprint density at radius 3 is 2.50 bits per heavy atom. The molecule has 1 amide bonds. The van der Waals surface area contributed by atoms with E-state index in [1.807, 2.05) is 13.8 Å². The van der Waals surface area contributed by atoms with Crippen LogP contribution in [-0.4, -0.2) is 21.9 Å². The van der Waals surface area contributed by atoms with Gasteiger partial charge in [-0.2, -0.15) is 13.2 Å². The van der Waals surface area contributed by atoms with Gasteiger partial charge in [-0.3, -0.25) is 4.79 Å². The molecule has 0 saturated heterocycles. The lowest BCUT2D eigenvalue weighted by Crippen LogP contribution is -2.31. The number of benzene rings is 1. The van der Waals surface area contributed by atoms with Gasteiger partial charge in [0.15, 0.2) is 0 Å². The highest BCUT2D eigenvalue weighted by atomic mass is 19.4. The van der Waals surface area contributed by atoms with Gasteiger partial charge in [0.1, 0.15) is 5.69 Å². The predicted octanol–water partition coefficient (Wildman–Crippen LogP) is 3.69. The van der Waals surface area contributed by atoms with Gasteiger partial charge in [0.25, 0.3) is 5.91 Å². The van der Waals surface area contributed by atoms with Crippen molar-refractivity contribution in [3.63, 3.8) is 0 Å². The molecule has 1 heterocycles. The molecule has 0 unspecified atom stereocenters. The third-order valence-corrected chi connectivity index (χ3v) is 2.95. The number of aromatic nitrogens is 2. The summed E-state index contributed by atoms with van der Waals surface area (Å²) < 4.78 is 38.3. The molecule has 0 radical (unpaired) electrons. The predicted molar refractivity (Wildman–Crippen MR) is 84.1 cm³/mol. The van der Waals surface area contributed by atoms with Crippen molar-refractivity contribution in [2.24, 2.45) is 0 Å². The summed E-state index contributed by atoms with van der Waals surface area (Å²) in [6.07, 6.45) is -4.44. The van der Waals surface area contributed by atoms with E-state index in [0.717, 1.165) is 12.1 Å². The number of carbonyl (C=O) groups is 1. The highest BCUT2D eigenvalue weighted by Crippen LogP contribution is 2.31. The van der Waals surface area contributed by atoms with Crippen LogP contribution in [0.1, 0.15) is 35.6 Å². The molecular formula is C16H17F3N4O. The summed E-state index contributed by atoms with van der Waals surface area (Å²) in [7, 11) is 0. The van der Waals surface area contributed by atoms with Crippen molar-refractivity contribution >= 4 is 17.5 Å². The normalized spacial score (nSPS) is 11.5. The zero-order valence-corrected chi connectivity index (χ0v) is 13.4. The molecule has 5 nitrogen and oxygen atoms in total. The Morgan fingerprint density at radius 1 is 1.17 bits per heavy atom. The van der Waals surface area contributed by atoms with E-state index in [1.54, 1.807) is 6.92 Å². The van der Waals surface area contributed by atoms with Gasteiger partial charge in [-0.25, -0.2) is 9.97 Å². The minimum atomic E-state index is -4.44. The summed E-state index contributed by atoms with van der Waals surface area (Å²) in [4.78, 5) is 20.2. The number of rotatable bonds is 4. The standard InChI is InChI=1S/C16H17F3N4O/c1-9(2)20-14(24)13-7-10(3)21-15(23-13)22-12-6-4-5-11(8-12)16(17,18)19/h4-9H,1-3H3,(H,20,24)(H,21,22,23). The van der Waals surface area contributed by atoms with Crippen LogP contribution < -0.4 is 10.6 Å². The second-order valence-corrected chi connectivity index (χ2v) is 5.55. The Hall–Kier alpha value is -2.64. The maximum Gasteiger partial charge on any atom is 0.416 e. The van der Waals surface area contributed by atoms with Crippen LogP contribution in [0.25, 0.3) is 0 Å². The van der Waals surface area contributed by atoms with E-state index in [0.29, 0.717) is 5.69 Å². The number of carbonyl (C=O) groups excluding carboxylic acids is 1. The number of aryl methyl sites for hydroxylation is 1. The van der Waals surface area contributed by atoms with E-state index in [9.17, 15) is 18.0 Å². The monoisotopic (exact) mass is 338 g/mol. The first kappa shape index (κ1) is 17.7. The molecule has 0 aliphatic carbocycles. The van der Waals surface area contributed by atoms with Crippen LogP contribution in [0.3, 0.4) is 0 Å². The topological polar surface area (TPSA) is 66.9 Å². The van der Waals surface area contributed by atoms with Gasteiger partial charge in [-0.1, -0.05) is 6.07 Å². The van der Waals surface area contributed by atoms with Crippen molar-refractivity contribution in [3.8, 4) is 0 Å². The molecule has 0 atom stereocenters. The number of hydrogen-bond acceptors (Lipinski definition) is 4. The summed E-state index contributed by atoms with van der Waals surface area (Å²) in [5.74, 6) is -0.314. The highest BCUT2D eigenvalue weighted by molar-refractivity contribution is 5.92. The van der Waals surface area contributed by atoms with Crippen LogP contribution >= 0.6 is 0 Å². The van der Waals surface area contributed by atoms with Crippen molar-refractivity contribution in [3.05, 3.63) is 47.3 Å². The lowest BCUT2D eigenvalue weighted by atomic mass is 10.2. The first-order valence-corrected chi connectivity index (χ1v) is 7.26. The van der Waals surface area contributed by atoms with E-state index in [2.05, 4.69) is 20.6 Å². The largest absolute Gasteiger partial charge is 0.416 e. The highest BCUT2D eigenvalue weighted by Gasteiger charge is 2.30. The van der Waals surface area contributed by atoms with Gasteiger partial charge in [0.05, 0.1) is 5.56 Å². The quantitative estimate of drug-likeness (QED) is 0.892. The number of alkyl halides is 3. The molecule has 1 aromatic carbocycles. The average molecular weight is 338 g/mol. The molecule has 24 heavy (non-hydrogen) atoms. The van der Waals surface area contributed by atoms with Crippen molar-refractivity contribution in [1.82, 2.24) is 15.3 Å². The van der Waals surface area contributed by atoms with Gasteiger partial charge in [-0.15, -0.1) is 0 Å². The minimum Gasteiger partial charge on any atom is -0.349 e. The summed E-state index contributed by atoms with van der Waals surface area (Å²) in [5, 5.41) is 5.40. The maximum atomic E-state index is 12.8. The van der Waals surface area contributed by atoms with E-state index in [-0.39, 0.29) is 29.3 Å². The Bertz CT molecular complexity index is 744. The number of halogens is 3. The third-order valence-electron chi connectivity index (χ3n) is 2.95. The molecule has 0 saturated carbocycles. The van der Waals surface area contributed by atoms with Gasteiger partial charge in [0, 0.05) is 17.4 Å². The summed E-state index contributed by atoms with van der Waals surface area (Å²) >= 11 is 0. The fourth-order valence-electron chi connectivity index (χ4n) is 1.98. The van der Waals surface area contributed by atoms with Crippen LogP contribution in [0, 0.1) is 6.92 Å². The Morgan fingerprint density at radius 2 is 1.88 bits per heavy atom. The van der Waals surface area contributed by atoms with Gasteiger partial charge >= 0.3 is 6.18 Å². The number of anilines is 2. The molecule has 0 bridgehead atoms. The molecular weight excluding hydrogens is 321 g/mol. The second kappa shape index (κ2) is 6.86. The molecule has 0 fully saturated rings. The van der Waals surface area contributed by atoms with E-state index in [4.69, 9.17) is 0 Å². The smallest absolute Gasteiger partial charge is 0.349 e. The molecule has 0 aliphatic rings. The molecule has 0 aliphatic heterocycles. The molecule has 128 valence electrons. The van der Waals surface area contributed by atoms with Crippen LogP contribution in [0.5, 0.6) is 0 Å². The van der Waals surface area contributed by atoms with Crippen molar-refractivity contribution in [2.45, 2.75) is 33.0 Å². The van der Waals surface area contributed by atoms with Crippen LogP contribution in [-0.2, 0) is 6.18 Å². The van der Waals surface area contributed by atoms with Crippen molar-refractivity contribution in [1.29, 1.82) is 0 Å². The van der Waals surface area contributed by atoms with Gasteiger partial charge in [-0.05, 0) is 45.0 Å². The first-order chi connectivity index (χ1) is 11.1. The van der Waals surface area contributed by atoms with Crippen LogP contribution in [0.4, 0.5) is 24.8 Å². The number of hydrogen-bond donors (Lipinski definition) is 2. The van der Waals surface area contributed by atoms with E-state index >= 15 is 0 Å². The summed E-state index contributed by atoms with van der Waals surface area (Å²) in [6, 6.07) is 6.13. The summed E-state index contributed by atoms with van der Waals surface area (Å²) in [6.45, 7) is 5.30. The van der Waals surface area contributed by atoms with E-state index in [1.165, 1.54) is 18.2 Å². The zero-order chi connectivity index (χ0) is 17.9. The lowest BCUT2D eigenvalue weighted by molar-refractivity contribution is -0.137. The minimum absolute atomic E-state index is 0.0585. The second-order valence-electron chi connectivity index (χ2n) is 5.55. The lowest BCUT2D eigenvalue weighted by Gasteiger charge is -2.12. The average Bonchev–Trinajstić information content (AvgIpc) is 2.45. The Balaban J connectivity index is 2.27. The Kier molecular flexibility index (Phi) is 5.06. The van der Waals surface area contributed by atoms with Gasteiger partial charge < -0.3 is 10.6 Å². The SMILES string of the molecule is Cc1cc(C(=O)NC(C)C)nc(Nc2cccc(C(F)(F)F)c2)n1. The molecule has 2 aromatic rings. The fraction of sp³-hybridized carbons (Fsp3) is 0.312. The number of nitrogens with one attached hydrogen (secondary N) is 2. The number of nitrogens with zero attached hydrogens (tertiary/aromatic N) is 2. The zero-order valence-electron chi connectivity index (χ0n) is 13.4. The molecule has 1 aromatic heterocycles. The van der Waals surface area contributed by atoms with E-state index < -0.39 is 11.7 Å². The van der Waals surface area contributed by atoms with Crippen LogP contribution in [0.15, 0.2) is 30.3 Å². The maximum absolute atomic E-state index is 12.8. The first-order valence-electron chi connectivity index (χ1n) is 7.26. The molecule has 8 heteroatoms. The van der Waals surface area contributed by atoms with Crippen molar-refractivity contribution in [2.75, 3.05) is 5.32 Å². The number of amides is 1. The fourth-order valence-corrected chi connectivity index (χ4v) is 1.98. The summed E-state index contributed by atoms with van der Waals surface area (Å²) in [5.41, 5.74) is 0.0719. The third kappa shape index (κ3) is 4.68. The molecule has 2 N–H and O–H groups in total.